The molecular weight excluding hydrogens is 1780 g/mol. The summed E-state index contributed by atoms with van der Waals surface area (Å²) in [6, 6.07) is 63.0. The summed E-state index contributed by atoms with van der Waals surface area (Å²) in [5, 5.41) is 76.9. The van der Waals surface area contributed by atoms with Crippen molar-refractivity contribution >= 4 is 84.5 Å². The molecule has 0 bridgehead atoms. The molecule has 9 N–H and O–H groups in total. The molecule has 41 nitrogen and oxygen atoms in total. The second-order valence-corrected chi connectivity index (χ2v) is 30.4. The summed E-state index contributed by atoms with van der Waals surface area (Å²) in [4.78, 5) is 98.4. The lowest BCUT2D eigenvalue weighted by Gasteiger charge is -2.08. The third kappa shape index (κ3) is 25.1. The predicted molar refractivity (Wildman–Crippen MR) is 498 cm³/mol. The molecule has 0 aliphatic heterocycles. The average Bonchev–Trinajstić information content (AvgIpc) is 1.80. The standard InChI is InChI=1S/C25H21N7O3.2C21H19N7O3.C21H16N6O2.C4H5ClO.ClH.H3NO/c1-15-2-4-16(5-3-15)18-8-9-20-19(14-18)24(33)32(31-29-20)12-13-34-25-26-11-10-21(27-25)22-28-23(35-30-22)17-6-7-17;2*1-13-2-4-14(5-3-13)15-6-7-17-16(12-15)20(29)28(27-25-17)10-11-31-21-23-9-8-18(24-21)19(22)26-30;1-14-2-4-15(5-3-14)16-6-7-19-18(12-16)20(28)27(26-25-19)10-11-29-21-23-9-8-17(13-22)24-21;5-4(6)3-1-2-3;;1-2/h2-5,8-11,14,17H,6-7,12-13H2,1H3;2*2-9,12,30H,10-11H2,1H3,(H2,22,26);2-9,12H,10-11H2,1H3;3H,1-2H2;1H;2H,1H2. The van der Waals surface area contributed by atoms with E-state index in [0.29, 0.717) is 66.9 Å². The number of rotatable bonds is 25. The van der Waals surface area contributed by atoms with Crippen LogP contribution in [0.25, 0.3) is 99.6 Å². The first-order valence-corrected chi connectivity index (χ1v) is 41.8. The second-order valence-electron chi connectivity index (χ2n) is 30.0. The number of benzene rings is 8. The van der Waals surface area contributed by atoms with E-state index >= 15 is 0 Å². The smallest absolute Gasteiger partial charge is 0.317 e. The number of nitriles is 1. The van der Waals surface area contributed by atoms with E-state index in [-0.39, 0.29) is 151 Å². The van der Waals surface area contributed by atoms with Gasteiger partial charge in [0.05, 0.1) is 47.7 Å². The van der Waals surface area contributed by atoms with E-state index in [0.717, 1.165) is 70.2 Å². The molecule has 17 aromatic rings. The average molecular weight is 1860 g/mol. The third-order valence-corrected chi connectivity index (χ3v) is 20.8. The summed E-state index contributed by atoms with van der Waals surface area (Å²) in [5.41, 5.74) is 25.8. The molecule has 8 aromatic carbocycles. The normalized spacial score (nSPS) is 12.0. The lowest BCUT2D eigenvalue weighted by molar-refractivity contribution is -0.112. The molecule has 135 heavy (non-hydrogen) atoms. The minimum atomic E-state index is -0.270. The van der Waals surface area contributed by atoms with Gasteiger partial charge in [-0.25, -0.2) is 44.6 Å². The summed E-state index contributed by atoms with van der Waals surface area (Å²) >= 11 is 5.04. The SMILES string of the molecule is Cc1ccc(-c2ccc3nnn(CCOc4nccc(-c5noc(C6CC6)n5)n4)c(=O)c3c2)cc1.Cc1ccc(-c2ccc3nnn(CCOc4nccc(/C(N)=N/O)n4)c(=O)c3c2)cc1.Cc1ccc(-c2ccc3nnn(CCOc4nccc(/C(N)=N/O)n4)c(=O)c3c2)cc1.Cc1ccc(-c2ccc3nnn(CCOc4nccc(C#N)n4)c(=O)c3c2)cc1.Cl.NO.O=C(Cl)C1CC1. The van der Waals surface area contributed by atoms with Gasteiger partial charge in [-0.15, -0.1) is 32.8 Å². The Hall–Kier alpha value is -17.1. The maximum absolute atomic E-state index is 13.1. The van der Waals surface area contributed by atoms with Crippen molar-refractivity contribution in [2.75, 3.05) is 26.4 Å². The number of amidine groups is 2. The zero-order valence-corrected chi connectivity index (χ0v) is 74.1. The Morgan fingerprint density at radius 2 is 0.733 bits per heavy atom. The minimum absolute atomic E-state index is 0. The van der Waals surface area contributed by atoms with Crippen molar-refractivity contribution in [2.24, 2.45) is 33.6 Å². The number of carbonyl (C=O) groups excluding carboxylic acids is 1. The maximum Gasteiger partial charge on any atom is 0.317 e. The zero-order valence-electron chi connectivity index (χ0n) is 72.5. The Labute approximate surface area is 776 Å². The monoisotopic (exact) mass is 1860 g/mol. The highest BCUT2D eigenvalue weighted by Crippen LogP contribution is 2.40. The summed E-state index contributed by atoms with van der Waals surface area (Å²) in [7, 11) is 0. The van der Waals surface area contributed by atoms with Crippen molar-refractivity contribution in [2.45, 2.75) is 85.5 Å². The predicted octanol–water partition coefficient (Wildman–Crippen LogP) is 10.4. The van der Waals surface area contributed by atoms with Gasteiger partial charge in [0, 0.05) is 36.6 Å². The largest absolute Gasteiger partial charge is 0.461 e. The number of ether oxygens (including phenoxy) is 4. The second kappa shape index (κ2) is 45.4. The molecule has 19 rings (SSSR count). The van der Waals surface area contributed by atoms with Crippen LogP contribution in [0.4, 0.5) is 0 Å². The van der Waals surface area contributed by atoms with Crippen LogP contribution in [0, 0.1) is 44.9 Å². The fourth-order valence-electron chi connectivity index (χ4n) is 12.8. The van der Waals surface area contributed by atoms with Crippen molar-refractivity contribution in [1.82, 2.24) is 110 Å². The first-order valence-electron chi connectivity index (χ1n) is 41.5. The van der Waals surface area contributed by atoms with E-state index in [9.17, 15) is 24.0 Å². The van der Waals surface area contributed by atoms with Gasteiger partial charge in [0.1, 0.15) is 77.3 Å². The molecule has 2 saturated carbocycles. The van der Waals surface area contributed by atoms with Crippen LogP contribution in [-0.4, -0.2) is 169 Å². The summed E-state index contributed by atoms with van der Waals surface area (Å²) < 4.78 is 32.3. The van der Waals surface area contributed by atoms with Crippen molar-refractivity contribution in [3.63, 3.8) is 0 Å². The molecule has 43 heteroatoms. The van der Waals surface area contributed by atoms with Gasteiger partial charge in [0.2, 0.25) is 17.0 Å². The van der Waals surface area contributed by atoms with E-state index in [1.54, 1.807) is 30.5 Å². The minimum Gasteiger partial charge on any atom is -0.461 e. The highest BCUT2D eigenvalue weighted by atomic mass is 35.5. The molecule has 2 aliphatic carbocycles. The highest BCUT2D eigenvalue weighted by Gasteiger charge is 2.31. The van der Waals surface area contributed by atoms with Crippen LogP contribution in [0.1, 0.15) is 76.8 Å². The Bertz CT molecular complexity index is 7220. The summed E-state index contributed by atoms with van der Waals surface area (Å²) in [6.07, 6.45) is 10.0. The molecule has 0 saturated heterocycles. The number of aryl methyl sites for hydroxylation is 4. The Balaban J connectivity index is 0.000000148. The number of carbonyl (C=O) groups is 1. The Kier molecular flexibility index (Phi) is 32.1. The van der Waals surface area contributed by atoms with E-state index in [4.69, 9.17) is 67.4 Å². The zero-order chi connectivity index (χ0) is 94.2. The number of hydrogen-bond donors (Lipinski definition) is 6. The molecule has 2 fully saturated rings. The fraction of sp³-hybridized carbons (Fsp3) is 0.196. The number of aromatic nitrogens is 22. The number of fused-ring (bicyclic) bond motifs is 4. The van der Waals surface area contributed by atoms with E-state index in [1.807, 2.05) is 185 Å². The van der Waals surface area contributed by atoms with Crippen molar-refractivity contribution in [3.05, 3.63) is 306 Å². The number of hydrogen-bond acceptors (Lipinski definition) is 35. The van der Waals surface area contributed by atoms with Crippen LogP contribution in [0.15, 0.2) is 253 Å². The van der Waals surface area contributed by atoms with Gasteiger partial charge in [-0.3, -0.25) is 24.0 Å². The molecular formula is C92H84Cl2N28O13. The molecule has 0 amide bonds. The summed E-state index contributed by atoms with van der Waals surface area (Å²) in [6.45, 7) is 9.20. The topological polar surface area (TPSA) is 574 Å². The van der Waals surface area contributed by atoms with Crippen LogP contribution < -0.4 is 58.5 Å². The van der Waals surface area contributed by atoms with Gasteiger partial charge in [-0.1, -0.05) is 180 Å². The molecule has 0 radical (unpaired) electrons. The Morgan fingerprint density at radius 1 is 0.430 bits per heavy atom. The van der Waals surface area contributed by atoms with Crippen LogP contribution >= 0.6 is 24.0 Å². The van der Waals surface area contributed by atoms with Gasteiger partial charge in [-0.2, -0.15) is 30.2 Å². The van der Waals surface area contributed by atoms with Crippen molar-refractivity contribution in [1.29, 1.82) is 5.26 Å². The van der Waals surface area contributed by atoms with Gasteiger partial charge in [0.15, 0.2) is 11.7 Å². The molecule has 0 unspecified atom stereocenters. The molecule has 0 spiro atoms. The lowest BCUT2D eigenvalue weighted by Crippen LogP contribution is -2.27. The summed E-state index contributed by atoms with van der Waals surface area (Å²) in [5.74, 6) is 4.82. The molecule has 0 atom stereocenters. The first-order chi connectivity index (χ1) is 65.2. The van der Waals surface area contributed by atoms with Crippen molar-refractivity contribution in [3.8, 4) is 86.1 Å². The van der Waals surface area contributed by atoms with Gasteiger partial charge in [0.25, 0.3) is 22.2 Å². The highest BCUT2D eigenvalue weighted by molar-refractivity contribution is 6.64. The lowest BCUT2D eigenvalue weighted by atomic mass is 10.0. The molecule has 684 valence electrons. The van der Waals surface area contributed by atoms with Crippen LogP contribution in [0.3, 0.4) is 0 Å². The van der Waals surface area contributed by atoms with Gasteiger partial charge < -0.3 is 50.6 Å². The van der Waals surface area contributed by atoms with Crippen molar-refractivity contribution < 1.29 is 43.9 Å². The quantitative estimate of drug-likeness (QED) is 0.0102. The van der Waals surface area contributed by atoms with Crippen LogP contribution in [0.5, 0.6) is 24.0 Å². The number of nitrogens with zero attached hydrogens (tertiary/aromatic N) is 25. The van der Waals surface area contributed by atoms with Gasteiger partial charge >= 0.3 is 24.0 Å². The van der Waals surface area contributed by atoms with Crippen LogP contribution in [0.2, 0.25) is 0 Å². The van der Waals surface area contributed by atoms with E-state index < -0.39 is 0 Å². The Morgan fingerprint density at radius 3 is 1.03 bits per heavy atom. The molecule has 9 aromatic heterocycles. The number of oxime groups is 2. The van der Waals surface area contributed by atoms with E-state index in [2.05, 4.69) is 107 Å². The molecule has 9 heterocycles. The number of nitrogens with two attached hydrogens (primary N) is 3. The van der Waals surface area contributed by atoms with Crippen LogP contribution in [-0.2, 0) is 31.0 Å². The third-order valence-electron chi connectivity index (χ3n) is 20.4. The van der Waals surface area contributed by atoms with E-state index in [1.165, 1.54) is 77.8 Å². The van der Waals surface area contributed by atoms with Gasteiger partial charge in [-0.05, 0) is 182 Å². The number of halogens is 2. The maximum atomic E-state index is 13.1. The first kappa shape index (κ1) is 95.5. The fourth-order valence-corrected chi connectivity index (χ4v) is 13.1. The molecule has 2 aliphatic rings.